The summed E-state index contributed by atoms with van der Waals surface area (Å²) in [7, 11) is 0. The fraction of sp³-hybridized carbons (Fsp3) is 0.393. The number of carboxylic acid groups (broad SMARTS) is 1. The Morgan fingerprint density at radius 2 is 1.92 bits per heavy atom. The monoisotopic (exact) mass is 550 g/mol. The van der Waals surface area contributed by atoms with E-state index in [-0.39, 0.29) is 20.3 Å². The lowest BCUT2D eigenvalue weighted by Gasteiger charge is -2.36. The zero-order valence-electron chi connectivity index (χ0n) is 21.5. The van der Waals surface area contributed by atoms with Crippen LogP contribution < -0.4 is 10.5 Å². The molecular weight excluding hydrogens is 520 g/mol. The number of carboxylic acids is 1. The third kappa shape index (κ3) is 5.69. The first kappa shape index (κ1) is 27.6. The molecule has 38 heavy (non-hydrogen) atoms. The maximum atomic E-state index is 13.4. The molecule has 1 aromatic heterocycles. The van der Waals surface area contributed by atoms with Gasteiger partial charge in [-0.1, -0.05) is 61.2 Å². The summed E-state index contributed by atoms with van der Waals surface area (Å²) >= 11 is 6.31. The molecule has 1 N–H and O–H groups in total. The number of anilines is 1. The molecule has 2 fully saturated rings. The van der Waals surface area contributed by atoms with Crippen molar-refractivity contribution in [3.05, 3.63) is 67.8 Å². The smallest absolute Gasteiger partial charge is 0.323 e. The Labute approximate surface area is 231 Å². The van der Waals surface area contributed by atoms with Crippen LogP contribution in [0.15, 0.2) is 40.0 Å². The van der Waals surface area contributed by atoms with E-state index in [2.05, 4.69) is 35.2 Å². The van der Waals surface area contributed by atoms with E-state index in [1.165, 1.54) is 5.56 Å². The highest BCUT2D eigenvalue weighted by Gasteiger charge is 2.35. The summed E-state index contributed by atoms with van der Waals surface area (Å²) in [5.41, 5.74) is 2.17. The molecule has 198 valence electrons. The molecule has 0 unspecified atom stereocenters. The molecule has 2 aliphatic rings. The van der Waals surface area contributed by atoms with Gasteiger partial charge in [0, 0.05) is 25.2 Å². The first-order chi connectivity index (χ1) is 18.2. The Bertz CT molecular complexity index is 1390. The summed E-state index contributed by atoms with van der Waals surface area (Å²) in [5, 5.41) is 19.0. The van der Waals surface area contributed by atoms with E-state index < -0.39 is 18.4 Å². The topological polar surface area (TPSA) is 107 Å². The summed E-state index contributed by atoms with van der Waals surface area (Å²) in [6, 6.07) is 12.5. The molecular formula is C28H30N4O4S2. The van der Waals surface area contributed by atoms with Crippen LogP contribution in [0.3, 0.4) is 0 Å². The molecule has 0 atom stereocenters. The van der Waals surface area contributed by atoms with Crippen LogP contribution in [0.4, 0.5) is 5.82 Å². The number of carbonyl (C=O) groups excluding carboxylic acids is 1. The van der Waals surface area contributed by atoms with Crippen molar-refractivity contribution in [3.8, 4) is 6.07 Å². The molecule has 4 rings (SSSR count). The Morgan fingerprint density at radius 3 is 2.53 bits per heavy atom. The predicted molar refractivity (Wildman–Crippen MR) is 153 cm³/mol. The standard InChI is InChI=1S/C28H30N4O4S2/c1-3-11-31-25(30-12-9-20(10-13-30)14-19-7-5-4-6-8-19)21(18(2)22(16-29)26(31)35)15-23-27(36)32(17-24(33)34)28(37)38-23/h4-8,15,20H,3,9-14,17H2,1-2H3,(H,33,34). The molecule has 0 spiro atoms. The van der Waals surface area contributed by atoms with Crippen molar-refractivity contribution < 1.29 is 14.7 Å². The highest BCUT2D eigenvalue weighted by molar-refractivity contribution is 8.26. The molecule has 0 radical (unpaired) electrons. The molecule has 0 saturated carbocycles. The van der Waals surface area contributed by atoms with Gasteiger partial charge < -0.3 is 10.0 Å². The lowest BCUT2D eigenvalue weighted by atomic mass is 9.90. The van der Waals surface area contributed by atoms with Crippen LogP contribution in [0.5, 0.6) is 0 Å². The van der Waals surface area contributed by atoms with Crippen molar-refractivity contribution in [1.29, 1.82) is 5.26 Å². The normalized spacial score (nSPS) is 17.3. The summed E-state index contributed by atoms with van der Waals surface area (Å²) in [4.78, 5) is 41.2. The van der Waals surface area contributed by atoms with Crippen LogP contribution in [-0.2, 0) is 22.6 Å². The van der Waals surface area contributed by atoms with Gasteiger partial charge in [-0.05, 0) is 55.7 Å². The summed E-state index contributed by atoms with van der Waals surface area (Å²) in [6.07, 6.45) is 5.28. The first-order valence-corrected chi connectivity index (χ1v) is 13.9. The number of nitriles is 1. The van der Waals surface area contributed by atoms with E-state index in [1.54, 1.807) is 17.6 Å². The van der Waals surface area contributed by atoms with Crippen LogP contribution >= 0.6 is 24.0 Å². The Hall–Kier alpha value is -3.42. The average molecular weight is 551 g/mol. The van der Waals surface area contributed by atoms with Crippen molar-refractivity contribution in [3.63, 3.8) is 0 Å². The number of rotatable bonds is 8. The minimum atomic E-state index is -1.15. The Balaban J connectivity index is 1.74. The maximum absolute atomic E-state index is 13.4. The van der Waals surface area contributed by atoms with E-state index in [4.69, 9.17) is 12.2 Å². The van der Waals surface area contributed by atoms with Crippen LogP contribution in [-0.4, -0.2) is 50.4 Å². The summed E-state index contributed by atoms with van der Waals surface area (Å²) in [5.74, 6) is -0.410. The van der Waals surface area contributed by atoms with E-state index >= 15 is 0 Å². The molecule has 1 aromatic carbocycles. The van der Waals surface area contributed by atoms with Crippen molar-refractivity contribution >= 4 is 52.1 Å². The molecule has 2 saturated heterocycles. The lowest BCUT2D eigenvalue weighted by molar-refractivity contribution is -0.140. The number of nitrogens with zero attached hydrogens (tertiary/aromatic N) is 4. The Morgan fingerprint density at radius 1 is 1.24 bits per heavy atom. The van der Waals surface area contributed by atoms with Gasteiger partial charge in [-0.2, -0.15) is 5.26 Å². The van der Waals surface area contributed by atoms with Crippen LogP contribution in [0, 0.1) is 24.2 Å². The van der Waals surface area contributed by atoms with E-state index in [9.17, 15) is 24.8 Å². The fourth-order valence-electron chi connectivity index (χ4n) is 5.11. The largest absolute Gasteiger partial charge is 0.480 e. The SMILES string of the molecule is CCCn1c(N2CCC(Cc3ccccc3)CC2)c(C=C2SC(=S)N(CC(=O)O)C2=O)c(C)c(C#N)c1=O. The van der Waals surface area contributed by atoms with Crippen molar-refractivity contribution in [2.75, 3.05) is 24.5 Å². The second kappa shape index (κ2) is 12.0. The number of hydrogen-bond donors (Lipinski definition) is 1. The number of piperidine rings is 1. The van der Waals surface area contributed by atoms with Gasteiger partial charge in [-0.25, -0.2) is 0 Å². The van der Waals surface area contributed by atoms with Crippen LogP contribution in [0.1, 0.15) is 48.4 Å². The predicted octanol–water partition coefficient (Wildman–Crippen LogP) is 4.18. The number of pyridine rings is 1. The molecule has 8 nitrogen and oxygen atoms in total. The van der Waals surface area contributed by atoms with Crippen molar-refractivity contribution in [2.24, 2.45) is 5.92 Å². The maximum Gasteiger partial charge on any atom is 0.323 e. The molecule has 0 bridgehead atoms. The summed E-state index contributed by atoms with van der Waals surface area (Å²) < 4.78 is 1.83. The van der Waals surface area contributed by atoms with Gasteiger partial charge >= 0.3 is 5.97 Å². The second-order valence-electron chi connectivity index (χ2n) is 9.59. The third-order valence-corrected chi connectivity index (χ3v) is 8.40. The van der Waals surface area contributed by atoms with Gasteiger partial charge in [0.2, 0.25) is 0 Å². The van der Waals surface area contributed by atoms with Gasteiger partial charge in [-0.15, -0.1) is 0 Å². The number of hydrogen-bond acceptors (Lipinski definition) is 7. The molecule has 10 heteroatoms. The second-order valence-corrected chi connectivity index (χ2v) is 11.3. The molecule has 2 aliphatic heterocycles. The first-order valence-electron chi connectivity index (χ1n) is 12.7. The zero-order valence-corrected chi connectivity index (χ0v) is 23.1. The highest BCUT2D eigenvalue weighted by Crippen LogP contribution is 2.37. The number of benzene rings is 1. The van der Waals surface area contributed by atoms with Gasteiger partial charge in [0.05, 0.1) is 4.91 Å². The van der Waals surface area contributed by atoms with Gasteiger partial charge in [0.15, 0.2) is 0 Å². The number of carbonyl (C=O) groups is 2. The van der Waals surface area contributed by atoms with Gasteiger partial charge in [-0.3, -0.25) is 23.9 Å². The summed E-state index contributed by atoms with van der Waals surface area (Å²) in [6.45, 7) is 5.12. The van der Waals surface area contributed by atoms with Gasteiger partial charge in [0.1, 0.15) is 28.3 Å². The van der Waals surface area contributed by atoms with Crippen molar-refractivity contribution in [2.45, 2.75) is 46.1 Å². The van der Waals surface area contributed by atoms with Gasteiger partial charge in [0.25, 0.3) is 11.5 Å². The minimum Gasteiger partial charge on any atom is -0.480 e. The number of aliphatic carboxylic acids is 1. The average Bonchev–Trinajstić information content (AvgIpc) is 3.15. The van der Waals surface area contributed by atoms with Crippen LogP contribution in [0.2, 0.25) is 0 Å². The van der Waals surface area contributed by atoms with E-state index in [0.717, 1.165) is 49.0 Å². The number of aromatic nitrogens is 1. The molecule has 1 amide bonds. The number of thioether (sulfide) groups is 1. The van der Waals surface area contributed by atoms with E-state index in [0.29, 0.717) is 35.8 Å². The molecule has 2 aromatic rings. The number of thiocarbonyl (C=S) groups is 1. The van der Waals surface area contributed by atoms with Crippen LogP contribution in [0.25, 0.3) is 6.08 Å². The van der Waals surface area contributed by atoms with Crippen molar-refractivity contribution in [1.82, 2.24) is 9.47 Å². The third-order valence-electron chi connectivity index (χ3n) is 7.02. The number of amides is 1. The quantitative estimate of drug-likeness (QED) is 0.385. The highest BCUT2D eigenvalue weighted by atomic mass is 32.2. The zero-order chi connectivity index (χ0) is 27.4. The molecule has 3 heterocycles. The van der Waals surface area contributed by atoms with E-state index in [1.807, 2.05) is 13.0 Å². The minimum absolute atomic E-state index is 0.0495. The molecule has 0 aliphatic carbocycles. The Kier molecular flexibility index (Phi) is 8.69. The fourth-order valence-corrected chi connectivity index (χ4v) is 6.35. The lowest BCUT2D eigenvalue weighted by Crippen LogP contribution is -2.40.